The maximum absolute atomic E-state index is 11.7. The lowest BCUT2D eigenvalue weighted by molar-refractivity contribution is 0.178. The zero-order chi connectivity index (χ0) is 15.4. The normalized spacial score (nSPS) is 12.0. The number of anilines is 1. The third kappa shape index (κ3) is 3.75. The van der Waals surface area contributed by atoms with Crippen LogP contribution in [0, 0.1) is 0 Å². The number of urea groups is 1. The highest BCUT2D eigenvalue weighted by atomic mass is 32.1. The van der Waals surface area contributed by atoms with Gasteiger partial charge in [0.25, 0.3) is 0 Å². The molecule has 7 heteroatoms. The SMILES string of the molecule is O=C(NC[C@@H](O)c1ccc(-c2cccs2)s1)Nc1cccs1. The van der Waals surface area contributed by atoms with Gasteiger partial charge in [0.05, 0.1) is 11.5 Å². The predicted molar refractivity (Wildman–Crippen MR) is 93.9 cm³/mol. The summed E-state index contributed by atoms with van der Waals surface area (Å²) in [6.07, 6.45) is -0.701. The number of amides is 2. The van der Waals surface area contributed by atoms with Gasteiger partial charge in [0.15, 0.2) is 0 Å². The van der Waals surface area contributed by atoms with Crippen molar-refractivity contribution in [2.24, 2.45) is 0 Å². The molecule has 3 aromatic heterocycles. The van der Waals surface area contributed by atoms with E-state index in [0.717, 1.165) is 14.8 Å². The minimum absolute atomic E-state index is 0.182. The minimum Gasteiger partial charge on any atom is -0.386 e. The first-order valence-corrected chi connectivity index (χ1v) is 9.20. The Balaban J connectivity index is 1.53. The fourth-order valence-corrected chi connectivity index (χ4v) is 4.32. The quantitative estimate of drug-likeness (QED) is 0.639. The van der Waals surface area contributed by atoms with Gasteiger partial charge in [-0.1, -0.05) is 6.07 Å². The molecule has 3 rings (SSSR count). The Kier molecular flexibility index (Phi) is 4.89. The van der Waals surface area contributed by atoms with Gasteiger partial charge in [-0.3, -0.25) is 5.32 Å². The first-order chi connectivity index (χ1) is 10.7. The molecule has 0 aliphatic rings. The van der Waals surface area contributed by atoms with Gasteiger partial charge in [0.2, 0.25) is 0 Å². The molecule has 1 atom stereocenters. The molecule has 0 bridgehead atoms. The molecule has 0 saturated carbocycles. The first kappa shape index (κ1) is 15.2. The van der Waals surface area contributed by atoms with E-state index >= 15 is 0 Å². The monoisotopic (exact) mass is 350 g/mol. The van der Waals surface area contributed by atoms with Crippen LogP contribution in [0.2, 0.25) is 0 Å². The van der Waals surface area contributed by atoms with E-state index in [1.165, 1.54) is 16.2 Å². The van der Waals surface area contributed by atoms with E-state index < -0.39 is 6.10 Å². The molecule has 3 heterocycles. The summed E-state index contributed by atoms with van der Waals surface area (Å²) in [5.41, 5.74) is 0. The number of rotatable bonds is 5. The van der Waals surface area contributed by atoms with E-state index in [1.54, 1.807) is 22.7 Å². The van der Waals surface area contributed by atoms with Crippen LogP contribution in [-0.4, -0.2) is 17.7 Å². The molecule has 2 amide bonds. The Morgan fingerprint density at radius 2 is 1.91 bits per heavy atom. The molecule has 4 nitrogen and oxygen atoms in total. The lowest BCUT2D eigenvalue weighted by Gasteiger charge is -2.10. The Hall–Kier alpha value is -1.67. The second kappa shape index (κ2) is 7.06. The lowest BCUT2D eigenvalue weighted by Crippen LogP contribution is -2.31. The van der Waals surface area contributed by atoms with Crippen molar-refractivity contribution >= 4 is 45.0 Å². The standard InChI is InChI=1S/C15H14N2O2S3/c18-10(9-16-15(19)17-14-4-2-8-21-14)11-5-6-13(22-11)12-3-1-7-20-12/h1-8,10,18H,9H2,(H2,16,17,19)/t10-/m1/s1. The van der Waals surface area contributed by atoms with Gasteiger partial charge in [-0.05, 0) is 41.1 Å². The fourth-order valence-electron chi connectivity index (χ4n) is 1.88. The molecular weight excluding hydrogens is 336 g/mol. The summed E-state index contributed by atoms with van der Waals surface area (Å²) in [5.74, 6) is 0. The minimum atomic E-state index is -0.701. The number of carbonyl (C=O) groups is 1. The Labute approximate surface area is 140 Å². The van der Waals surface area contributed by atoms with Crippen molar-refractivity contribution in [3.05, 3.63) is 52.0 Å². The summed E-state index contributed by atoms with van der Waals surface area (Å²) >= 11 is 4.67. The molecule has 3 N–H and O–H groups in total. The predicted octanol–water partition coefficient (Wildman–Crippen LogP) is 4.39. The van der Waals surface area contributed by atoms with Crippen LogP contribution in [0.3, 0.4) is 0 Å². The summed E-state index contributed by atoms with van der Waals surface area (Å²) in [6, 6.07) is 11.4. The van der Waals surface area contributed by atoms with Gasteiger partial charge in [0.1, 0.15) is 6.10 Å². The van der Waals surface area contributed by atoms with E-state index in [2.05, 4.69) is 16.7 Å². The second-order valence-corrected chi connectivity index (χ2v) is 7.52. The van der Waals surface area contributed by atoms with Crippen molar-refractivity contribution in [3.8, 4) is 9.75 Å². The summed E-state index contributed by atoms with van der Waals surface area (Å²) in [7, 11) is 0. The number of thiophene rings is 3. The molecule has 0 aromatic carbocycles. The number of aliphatic hydroxyl groups excluding tert-OH is 1. The molecule has 0 unspecified atom stereocenters. The highest BCUT2D eigenvalue weighted by Crippen LogP contribution is 2.33. The fraction of sp³-hybridized carbons (Fsp3) is 0.133. The molecule has 0 radical (unpaired) electrons. The van der Waals surface area contributed by atoms with Crippen LogP contribution in [0.5, 0.6) is 0 Å². The van der Waals surface area contributed by atoms with Gasteiger partial charge in [-0.25, -0.2) is 4.79 Å². The molecule has 3 aromatic rings. The molecule has 22 heavy (non-hydrogen) atoms. The van der Waals surface area contributed by atoms with Crippen molar-refractivity contribution in [2.75, 3.05) is 11.9 Å². The van der Waals surface area contributed by atoms with E-state index in [1.807, 2.05) is 41.1 Å². The first-order valence-electron chi connectivity index (χ1n) is 6.62. The second-order valence-electron chi connectivity index (χ2n) is 4.51. The number of hydrogen-bond donors (Lipinski definition) is 3. The zero-order valence-electron chi connectivity index (χ0n) is 11.5. The molecular formula is C15H14N2O2S3. The van der Waals surface area contributed by atoms with E-state index in [-0.39, 0.29) is 12.6 Å². The van der Waals surface area contributed by atoms with Gasteiger partial charge in [0, 0.05) is 14.6 Å². The number of nitrogens with one attached hydrogen (secondary N) is 2. The van der Waals surface area contributed by atoms with Crippen molar-refractivity contribution in [3.63, 3.8) is 0 Å². The highest BCUT2D eigenvalue weighted by Gasteiger charge is 2.13. The van der Waals surface area contributed by atoms with Gasteiger partial charge >= 0.3 is 6.03 Å². The molecule has 0 spiro atoms. The summed E-state index contributed by atoms with van der Waals surface area (Å²) in [4.78, 5) is 14.9. The number of carbonyl (C=O) groups excluding carboxylic acids is 1. The van der Waals surface area contributed by atoms with Crippen LogP contribution < -0.4 is 10.6 Å². The summed E-state index contributed by atoms with van der Waals surface area (Å²) in [5, 5.41) is 20.3. The topological polar surface area (TPSA) is 61.4 Å². The van der Waals surface area contributed by atoms with E-state index in [4.69, 9.17) is 0 Å². The van der Waals surface area contributed by atoms with Crippen molar-refractivity contribution in [1.82, 2.24) is 5.32 Å². The maximum atomic E-state index is 11.7. The van der Waals surface area contributed by atoms with Crippen molar-refractivity contribution in [2.45, 2.75) is 6.10 Å². The highest BCUT2D eigenvalue weighted by molar-refractivity contribution is 7.21. The third-order valence-corrected chi connectivity index (χ3v) is 5.97. The average Bonchev–Trinajstić information content (AvgIpc) is 3.23. The van der Waals surface area contributed by atoms with E-state index in [9.17, 15) is 9.90 Å². The lowest BCUT2D eigenvalue weighted by atomic mass is 10.3. The maximum Gasteiger partial charge on any atom is 0.319 e. The van der Waals surface area contributed by atoms with Crippen LogP contribution in [0.15, 0.2) is 47.2 Å². The molecule has 114 valence electrons. The van der Waals surface area contributed by atoms with Crippen LogP contribution >= 0.6 is 34.0 Å². The van der Waals surface area contributed by atoms with Crippen LogP contribution in [0.25, 0.3) is 9.75 Å². The van der Waals surface area contributed by atoms with Crippen molar-refractivity contribution in [1.29, 1.82) is 0 Å². The number of aliphatic hydroxyl groups is 1. The van der Waals surface area contributed by atoms with Crippen LogP contribution in [0.1, 0.15) is 11.0 Å². The smallest absolute Gasteiger partial charge is 0.319 e. The molecule has 0 aliphatic carbocycles. The van der Waals surface area contributed by atoms with Gasteiger partial charge in [-0.15, -0.1) is 34.0 Å². The number of hydrogen-bond acceptors (Lipinski definition) is 5. The summed E-state index contributed by atoms with van der Waals surface area (Å²) in [6.45, 7) is 0.182. The molecule has 0 aliphatic heterocycles. The zero-order valence-corrected chi connectivity index (χ0v) is 13.9. The van der Waals surface area contributed by atoms with Gasteiger partial charge < -0.3 is 10.4 Å². The third-order valence-electron chi connectivity index (χ3n) is 2.93. The Bertz CT molecular complexity index is 720. The van der Waals surface area contributed by atoms with E-state index in [0.29, 0.717) is 0 Å². The van der Waals surface area contributed by atoms with Gasteiger partial charge in [-0.2, -0.15) is 0 Å². The van der Waals surface area contributed by atoms with Crippen molar-refractivity contribution < 1.29 is 9.90 Å². The average molecular weight is 350 g/mol. The van der Waals surface area contributed by atoms with Crippen LogP contribution in [-0.2, 0) is 0 Å². The molecule has 0 fully saturated rings. The Morgan fingerprint density at radius 1 is 1.09 bits per heavy atom. The van der Waals surface area contributed by atoms with Crippen LogP contribution in [0.4, 0.5) is 9.80 Å². The largest absolute Gasteiger partial charge is 0.386 e. The molecule has 0 saturated heterocycles. The Morgan fingerprint density at radius 3 is 2.64 bits per heavy atom. The summed E-state index contributed by atoms with van der Waals surface area (Å²) < 4.78 is 0.